The van der Waals surface area contributed by atoms with Gasteiger partial charge in [0.15, 0.2) is 11.3 Å². The number of hydrogen-bond acceptors (Lipinski definition) is 5. The van der Waals surface area contributed by atoms with E-state index >= 15 is 0 Å². The van der Waals surface area contributed by atoms with Crippen LogP contribution in [0.15, 0.2) is 45.1 Å². The molecule has 130 valence electrons. The van der Waals surface area contributed by atoms with E-state index in [0.717, 1.165) is 12.1 Å². The summed E-state index contributed by atoms with van der Waals surface area (Å²) in [4.78, 5) is 15.8. The summed E-state index contributed by atoms with van der Waals surface area (Å²) in [5.74, 6) is -1.02. The summed E-state index contributed by atoms with van der Waals surface area (Å²) in [7, 11) is 29.1. The lowest BCUT2D eigenvalue weighted by Gasteiger charge is -2.27. The van der Waals surface area contributed by atoms with E-state index in [4.69, 9.17) is 51.8 Å². The van der Waals surface area contributed by atoms with Crippen molar-refractivity contribution in [3.05, 3.63) is 52.3 Å². The Kier molecular flexibility index (Phi) is 5.90. The summed E-state index contributed by atoms with van der Waals surface area (Å²) < 4.78 is 45.4. The lowest BCUT2D eigenvalue weighted by molar-refractivity contribution is 0.414. The van der Waals surface area contributed by atoms with Crippen LogP contribution in [-0.2, 0) is 15.3 Å². The van der Waals surface area contributed by atoms with Crippen molar-refractivity contribution in [3.8, 4) is 5.75 Å². The first-order valence-corrected chi connectivity index (χ1v) is 8.86. The number of halogens is 1. The van der Waals surface area contributed by atoms with Crippen molar-refractivity contribution < 1.29 is 17.5 Å². The third kappa shape index (κ3) is 4.51. The minimum Gasteiger partial charge on any atom is -0.497 e. The maximum Gasteiger partial charge on any atom is 0.342 e. The lowest BCUT2D eigenvalue weighted by Crippen LogP contribution is -2.56. The quantitative estimate of drug-likeness (QED) is 0.518. The molecule has 0 spiro atoms. The SMILES string of the molecule is [B]C([B])([B])N=c1c(F)cn(S(=O)(=O)c2ccc(OC)cc2)c(=O)n1C([B])([B])[B]. The van der Waals surface area contributed by atoms with Gasteiger partial charge in [-0.05, 0) is 29.5 Å². The molecule has 0 saturated carbocycles. The molecule has 0 aliphatic carbocycles. The normalized spacial score (nSPS) is 13.4. The van der Waals surface area contributed by atoms with Crippen LogP contribution in [-0.4, -0.2) is 76.4 Å². The first kappa shape index (κ1) is 22.3. The van der Waals surface area contributed by atoms with Gasteiger partial charge >= 0.3 is 5.69 Å². The van der Waals surface area contributed by atoms with E-state index in [1.165, 1.54) is 19.2 Å². The van der Waals surface area contributed by atoms with E-state index in [1.807, 2.05) is 0 Å². The Balaban J connectivity index is 2.89. The molecule has 0 aliphatic rings. The zero-order valence-corrected chi connectivity index (χ0v) is 15.4. The van der Waals surface area contributed by atoms with Crippen LogP contribution in [0.5, 0.6) is 5.75 Å². The molecule has 0 bridgehead atoms. The molecule has 1 aromatic carbocycles. The van der Waals surface area contributed by atoms with Crippen molar-refractivity contribution in [2.75, 3.05) is 7.11 Å². The Bertz CT molecular complexity index is 1120. The molecule has 1 heterocycles. The summed E-state index contributed by atoms with van der Waals surface area (Å²) in [6, 6.07) is 4.95. The van der Waals surface area contributed by atoms with Gasteiger partial charge in [-0.1, -0.05) is 5.24 Å². The average Bonchev–Trinajstić information content (AvgIpc) is 2.55. The van der Waals surface area contributed by atoms with E-state index in [9.17, 15) is 17.6 Å². The predicted molar refractivity (Wildman–Crippen MR) is 105 cm³/mol. The smallest absolute Gasteiger partial charge is 0.342 e. The number of ether oxygens (including phenoxy) is 1. The third-order valence-electron chi connectivity index (χ3n) is 3.34. The van der Waals surface area contributed by atoms with E-state index in [2.05, 4.69) is 4.99 Å². The lowest BCUT2D eigenvalue weighted by atomic mass is 9.49. The van der Waals surface area contributed by atoms with Crippen molar-refractivity contribution in [2.45, 2.75) is 15.4 Å². The minimum absolute atomic E-state index is 0.0513. The van der Waals surface area contributed by atoms with Gasteiger partial charge in [-0.15, -0.1) is 0 Å². The Morgan fingerprint density at radius 1 is 1.07 bits per heavy atom. The largest absolute Gasteiger partial charge is 0.497 e. The second kappa shape index (κ2) is 7.42. The van der Waals surface area contributed by atoms with Gasteiger partial charge in [-0.3, -0.25) is 9.56 Å². The van der Waals surface area contributed by atoms with E-state index in [0.29, 0.717) is 11.9 Å². The summed E-state index contributed by atoms with van der Waals surface area (Å²) in [6.45, 7) is 0. The highest BCUT2D eigenvalue weighted by atomic mass is 32.2. The highest BCUT2D eigenvalue weighted by molar-refractivity contribution is 7.90. The van der Waals surface area contributed by atoms with Gasteiger partial charge in [-0.2, -0.15) is 3.97 Å². The summed E-state index contributed by atoms with van der Waals surface area (Å²) in [5, 5.41) is -4.90. The van der Waals surface area contributed by atoms with Crippen molar-refractivity contribution in [1.82, 2.24) is 8.54 Å². The standard InChI is InChI=1S/C13H8B6FN3O4S/c1-27-7-2-4-8(5-3-7)28(25,26)22-6-9(20)10(21-12(14,15)16)23(11(22)24)13(17,18)19/h2-6H,1H3. The second-order valence-corrected chi connectivity index (χ2v) is 7.60. The molecule has 1 aromatic heterocycles. The molecular weight excluding hydrogens is 378 g/mol. The number of nitrogens with zero attached hydrogens (tertiary/aromatic N) is 3. The van der Waals surface area contributed by atoms with Crippen molar-refractivity contribution >= 4 is 57.1 Å². The van der Waals surface area contributed by atoms with Crippen LogP contribution in [0, 0.1) is 5.82 Å². The highest BCUT2D eigenvalue weighted by Crippen LogP contribution is 2.17. The third-order valence-corrected chi connectivity index (χ3v) is 4.99. The molecule has 0 fully saturated rings. The molecule has 2 rings (SSSR count). The number of methoxy groups -OCH3 is 1. The fourth-order valence-electron chi connectivity index (χ4n) is 2.18. The van der Waals surface area contributed by atoms with Crippen LogP contribution in [0.25, 0.3) is 0 Å². The monoisotopic (exact) mass is 387 g/mol. The van der Waals surface area contributed by atoms with Crippen molar-refractivity contribution in [3.63, 3.8) is 0 Å². The average molecular weight is 386 g/mol. The minimum atomic E-state index is -4.57. The van der Waals surface area contributed by atoms with Crippen LogP contribution in [0.3, 0.4) is 0 Å². The number of rotatable bonds is 5. The van der Waals surface area contributed by atoms with Gasteiger partial charge in [0.2, 0.25) is 0 Å². The molecule has 7 nitrogen and oxygen atoms in total. The van der Waals surface area contributed by atoms with Crippen molar-refractivity contribution in [2.24, 2.45) is 4.99 Å². The zero-order valence-electron chi connectivity index (χ0n) is 14.6. The molecule has 0 unspecified atom stereocenters. The molecule has 0 aliphatic heterocycles. The van der Waals surface area contributed by atoms with Crippen molar-refractivity contribution in [1.29, 1.82) is 0 Å². The number of hydrogen-bond donors (Lipinski definition) is 0. The van der Waals surface area contributed by atoms with Gasteiger partial charge < -0.3 is 4.74 Å². The Morgan fingerprint density at radius 3 is 2.04 bits per heavy atom. The Labute approximate surface area is 168 Å². The van der Waals surface area contributed by atoms with Crippen LogP contribution >= 0.6 is 0 Å². The van der Waals surface area contributed by atoms with Crippen LogP contribution < -0.4 is 15.9 Å². The maximum atomic E-state index is 14.6. The van der Waals surface area contributed by atoms with E-state index < -0.39 is 37.5 Å². The van der Waals surface area contributed by atoms with Gasteiger partial charge in [0, 0.05) is 0 Å². The number of benzene rings is 1. The molecule has 0 saturated heterocycles. The first-order valence-electron chi connectivity index (χ1n) is 7.42. The van der Waals surface area contributed by atoms with Crippen LogP contribution in [0.1, 0.15) is 0 Å². The van der Waals surface area contributed by atoms with Crippen LogP contribution in [0.2, 0.25) is 0 Å². The summed E-state index contributed by atoms with van der Waals surface area (Å²) in [5.41, 5.74) is -2.38. The maximum absolute atomic E-state index is 14.6. The number of aromatic nitrogens is 2. The highest BCUT2D eigenvalue weighted by Gasteiger charge is 2.26. The van der Waals surface area contributed by atoms with E-state index in [1.54, 1.807) is 0 Å². The molecule has 0 amide bonds. The zero-order chi connectivity index (χ0) is 21.5. The molecule has 15 heteroatoms. The fraction of sp³-hybridized carbons (Fsp3) is 0.231. The second-order valence-electron chi connectivity index (χ2n) is 5.78. The van der Waals surface area contributed by atoms with Gasteiger partial charge in [0.1, 0.15) is 5.75 Å². The molecule has 0 atom stereocenters. The van der Waals surface area contributed by atoms with Gasteiger partial charge in [-0.25, -0.2) is 17.6 Å². The molecule has 0 N–H and O–H groups in total. The van der Waals surface area contributed by atoms with E-state index in [-0.39, 0.29) is 13.4 Å². The molecular formula is C13H8B6FN3O4S. The molecule has 12 radical (unpaired) electrons. The van der Waals surface area contributed by atoms with Crippen LogP contribution in [0.4, 0.5) is 4.39 Å². The Morgan fingerprint density at radius 2 is 1.61 bits per heavy atom. The van der Waals surface area contributed by atoms with Gasteiger partial charge in [0.25, 0.3) is 10.0 Å². The summed E-state index contributed by atoms with van der Waals surface area (Å²) >= 11 is 0. The summed E-state index contributed by atoms with van der Waals surface area (Å²) in [6.07, 6.45) is 0.342. The van der Waals surface area contributed by atoms with Gasteiger partial charge in [0.05, 0.1) is 65.3 Å². The fourth-order valence-corrected chi connectivity index (χ4v) is 3.41. The topological polar surface area (TPSA) is 82.7 Å². The Hall–Kier alpha value is -2.03. The first-order chi connectivity index (χ1) is 12.7. The molecule has 28 heavy (non-hydrogen) atoms. The predicted octanol–water partition coefficient (Wildman–Crippen LogP) is -2.87. The molecule has 2 aromatic rings.